The molecule has 0 aromatic heterocycles. The molecule has 166 valence electrons. The Morgan fingerprint density at radius 2 is 1.97 bits per heavy atom. The lowest BCUT2D eigenvalue weighted by atomic mass is 9.89. The molecule has 29 heavy (non-hydrogen) atoms. The summed E-state index contributed by atoms with van der Waals surface area (Å²) in [6.07, 6.45) is 2.63. The summed E-state index contributed by atoms with van der Waals surface area (Å²) in [5, 5.41) is -0.489. The van der Waals surface area contributed by atoms with Gasteiger partial charge in [-0.2, -0.15) is 0 Å². The summed E-state index contributed by atoms with van der Waals surface area (Å²) in [6.45, 7) is 5.20. The second-order valence-electron chi connectivity index (χ2n) is 9.38. The van der Waals surface area contributed by atoms with E-state index in [1.54, 1.807) is 4.90 Å². The van der Waals surface area contributed by atoms with Crippen molar-refractivity contribution in [2.45, 2.75) is 81.4 Å². The monoisotopic (exact) mass is 430 g/mol. The van der Waals surface area contributed by atoms with Gasteiger partial charge in [0.2, 0.25) is 16.4 Å². The molecule has 0 aromatic rings. The maximum Gasteiger partial charge on any atom is 0.323 e. The number of carbonyl (C=O) groups is 1. The van der Waals surface area contributed by atoms with Crippen molar-refractivity contribution in [2.75, 3.05) is 27.2 Å². The van der Waals surface area contributed by atoms with Crippen LogP contribution in [0.2, 0.25) is 0 Å². The van der Waals surface area contributed by atoms with Crippen molar-refractivity contribution in [3.63, 3.8) is 0 Å². The maximum absolute atomic E-state index is 13.3. The van der Waals surface area contributed by atoms with Crippen LogP contribution in [-0.2, 0) is 14.8 Å². The minimum Gasteiger partial charge on any atom is -0.324 e. The molecule has 2 saturated carbocycles. The molecule has 0 radical (unpaired) electrons. The molecule has 11 heteroatoms. The minimum atomic E-state index is -3.43. The number of hydrazine groups is 1. The van der Waals surface area contributed by atoms with Crippen LogP contribution in [0.3, 0.4) is 0 Å². The lowest BCUT2D eigenvalue weighted by Crippen LogP contribution is -2.54. The Labute approximate surface area is 173 Å². The van der Waals surface area contributed by atoms with Gasteiger partial charge in [0.05, 0.1) is 17.3 Å². The Kier molecular flexibility index (Phi) is 5.58. The second-order valence-corrected chi connectivity index (χ2v) is 11.3. The topological polar surface area (TPSA) is 106 Å². The highest BCUT2D eigenvalue weighted by atomic mass is 32.2. The van der Waals surface area contributed by atoms with Crippen LogP contribution in [0.25, 0.3) is 0 Å². The molecule has 2 amide bonds. The molecule has 5 unspecified atom stereocenters. The number of nitrogens with zero attached hydrogens (tertiary/aromatic N) is 3. The number of hydrogen-bond donors (Lipinski definition) is 3. The summed E-state index contributed by atoms with van der Waals surface area (Å²) in [7, 11) is 0.538. The van der Waals surface area contributed by atoms with E-state index in [-0.39, 0.29) is 29.9 Å². The van der Waals surface area contributed by atoms with Gasteiger partial charge in [-0.15, -0.1) is 0 Å². The summed E-state index contributed by atoms with van der Waals surface area (Å²) >= 11 is 0. The fraction of sp³-hybridized carbons (Fsp3) is 0.944. The van der Waals surface area contributed by atoms with Crippen LogP contribution in [0.5, 0.6) is 0 Å². The van der Waals surface area contributed by atoms with Crippen molar-refractivity contribution in [1.29, 1.82) is 0 Å². The number of carbonyl (C=O) groups excluding carboxylic acids is 1. The molecule has 4 fully saturated rings. The van der Waals surface area contributed by atoms with E-state index in [1.807, 2.05) is 32.8 Å². The molecule has 4 rings (SSSR count). The van der Waals surface area contributed by atoms with Crippen molar-refractivity contribution in [2.24, 2.45) is 0 Å². The number of hydrogen-bond acceptors (Lipinski definition) is 7. The Hall–Kier alpha value is -0.980. The molecule has 2 saturated heterocycles. The van der Waals surface area contributed by atoms with Gasteiger partial charge in [0.25, 0.3) is 0 Å². The summed E-state index contributed by atoms with van der Waals surface area (Å²) in [4.78, 5) is 19.0. The standard InChI is InChI=1S/C18H34N6O4S/c1-12-19-20-16(28-12)24-15-11-13(29(26,27)21-18(2)7-8-18)5-6-14(15)23(17(24)25)10-9-22(3)4/h12-16,19-21H,5-11H2,1-4H3. The first-order valence-electron chi connectivity index (χ1n) is 10.5. The first-order chi connectivity index (χ1) is 13.6. The summed E-state index contributed by atoms with van der Waals surface area (Å²) < 4.78 is 34.7. The Morgan fingerprint density at radius 3 is 2.55 bits per heavy atom. The largest absolute Gasteiger partial charge is 0.324 e. The zero-order valence-electron chi connectivity index (χ0n) is 17.7. The normalized spacial score (nSPS) is 36.7. The number of likely N-dealkylation sites (N-methyl/N-ethyl adjacent to an activating group) is 1. The number of amides is 2. The number of rotatable bonds is 7. The second kappa shape index (κ2) is 7.61. The minimum absolute atomic E-state index is 0.00622. The third-order valence-electron chi connectivity index (χ3n) is 6.57. The van der Waals surface area contributed by atoms with Crippen LogP contribution >= 0.6 is 0 Å². The van der Waals surface area contributed by atoms with Gasteiger partial charge in [0, 0.05) is 18.6 Å². The van der Waals surface area contributed by atoms with E-state index in [9.17, 15) is 13.2 Å². The van der Waals surface area contributed by atoms with E-state index in [4.69, 9.17) is 4.74 Å². The zero-order valence-corrected chi connectivity index (χ0v) is 18.5. The highest BCUT2D eigenvalue weighted by Crippen LogP contribution is 2.40. The molecule has 2 aliphatic carbocycles. The molecule has 0 aromatic carbocycles. The Bertz CT molecular complexity index is 743. The average molecular weight is 431 g/mol. The van der Waals surface area contributed by atoms with Gasteiger partial charge in [-0.25, -0.2) is 28.8 Å². The molecule has 3 N–H and O–H groups in total. The summed E-state index contributed by atoms with van der Waals surface area (Å²) in [6, 6.07) is -0.279. The van der Waals surface area contributed by atoms with E-state index in [0.717, 1.165) is 19.4 Å². The van der Waals surface area contributed by atoms with Crippen molar-refractivity contribution < 1.29 is 17.9 Å². The van der Waals surface area contributed by atoms with Gasteiger partial charge in [-0.1, -0.05) is 0 Å². The molecular weight excluding hydrogens is 396 g/mol. The number of ether oxygens (including phenoxy) is 1. The first kappa shape index (κ1) is 21.3. The highest BCUT2D eigenvalue weighted by molar-refractivity contribution is 7.90. The molecule has 0 bridgehead atoms. The predicted molar refractivity (Wildman–Crippen MR) is 108 cm³/mol. The van der Waals surface area contributed by atoms with Crippen LogP contribution in [0, 0.1) is 0 Å². The average Bonchev–Trinajstić information content (AvgIpc) is 3.07. The van der Waals surface area contributed by atoms with E-state index < -0.39 is 21.6 Å². The van der Waals surface area contributed by atoms with Crippen LogP contribution in [0.1, 0.15) is 46.0 Å². The Morgan fingerprint density at radius 1 is 1.24 bits per heavy atom. The van der Waals surface area contributed by atoms with Gasteiger partial charge >= 0.3 is 6.03 Å². The smallest absolute Gasteiger partial charge is 0.323 e. The highest BCUT2D eigenvalue weighted by Gasteiger charge is 2.54. The van der Waals surface area contributed by atoms with Gasteiger partial charge in [-0.3, -0.25) is 4.90 Å². The van der Waals surface area contributed by atoms with E-state index in [1.165, 1.54) is 0 Å². The van der Waals surface area contributed by atoms with Crippen LogP contribution < -0.4 is 15.6 Å². The van der Waals surface area contributed by atoms with Gasteiger partial charge in [0.15, 0.2) is 0 Å². The quantitative estimate of drug-likeness (QED) is 0.514. The maximum atomic E-state index is 13.3. The van der Waals surface area contributed by atoms with Crippen LogP contribution in [0.15, 0.2) is 0 Å². The zero-order chi connectivity index (χ0) is 21.0. The van der Waals surface area contributed by atoms with Gasteiger partial charge in [-0.05, 0) is 60.0 Å². The molecule has 2 aliphatic heterocycles. The van der Waals surface area contributed by atoms with Crippen LogP contribution in [0.4, 0.5) is 4.79 Å². The Balaban J connectivity index is 1.54. The summed E-state index contributed by atoms with van der Waals surface area (Å²) in [5.41, 5.74) is 5.73. The number of sulfonamides is 1. The van der Waals surface area contributed by atoms with Crippen molar-refractivity contribution in [1.82, 2.24) is 30.3 Å². The first-order valence-corrected chi connectivity index (χ1v) is 12.1. The third-order valence-corrected chi connectivity index (χ3v) is 8.65. The molecule has 10 nitrogen and oxygen atoms in total. The fourth-order valence-corrected chi connectivity index (χ4v) is 6.57. The molecule has 5 atom stereocenters. The SMILES string of the molecule is CC1NNC(N2C(=O)N(CCN(C)C)C3CCC(S(=O)(=O)NC4(C)CC4)CC32)O1. The van der Waals surface area contributed by atoms with Crippen LogP contribution in [-0.4, -0.2) is 91.8 Å². The fourth-order valence-electron chi connectivity index (χ4n) is 4.61. The van der Waals surface area contributed by atoms with Gasteiger partial charge < -0.3 is 14.5 Å². The molecule has 0 spiro atoms. The lowest BCUT2D eigenvalue weighted by Gasteiger charge is -2.37. The molecule has 2 heterocycles. The number of nitrogens with one attached hydrogen (secondary N) is 3. The third kappa shape index (κ3) is 4.26. The van der Waals surface area contributed by atoms with E-state index in [0.29, 0.717) is 25.8 Å². The van der Waals surface area contributed by atoms with Crippen molar-refractivity contribution in [3.8, 4) is 0 Å². The van der Waals surface area contributed by atoms with Crippen molar-refractivity contribution in [3.05, 3.63) is 0 Å². The van der Waals surface area contributed by atoms with E-state index in [2.05, 4.69) is 20.5 Å². The summed E-state index contributed by atoms with van der Waals surface area (Å²) in [5.74, 6) is 0. The number of urea groups is 1. The van der Waals surface area contributed by atoms with Crippen molar-refractivity contribution >= 4 is 16.1 Å². The molecular formula is C18H34N6O4S. The number of fused-ring (bicyclic) bond motifs is 1. The van der Waals surface area contributed by atoms with E-state index >= 15 is 0 Å². The predicted octanol–water partition coefficient (Wildman–Crippen LogP) is -0.199. The lowest BCUT2D eigenvalue weighted by molar-refractivity contribution is -0.0488. The molecule has 4 aliphatic rings. The van der Waals surface area contributed by atoms with Gasteiger partial charge in [0.1, 0.15) is 6.23 Å².